The second-order valence-electron chi connectivity index (χ2n) is 5.99. The van der Waals surface area contributed by atoms with Crippen LogP contribution in [0.2, 0.25) is 0 Å². The summed E-state index contributed by atoms with van der Waals surface area (Å²) < 4.78 is 25.4. The van der Waals surface area contributed by atoms with E-state index < -0.39 is 10.0 Å². The summed E-state index contributed by atoms with van der Waals surface area (Å²) in [5.74, 6) is 0.697. The molecule has 2 rings (SSSR count). The maximum atomic E-state index is 12.1. The SMILES string of the molecule is CC1CCN(c2ccc(S(=O)(=O)N(C)C)cc2)C(CN)C1. The maximum absolute atomic E-state index is 12.1. The Kier molecular flexibility index (Phi) is 4.91. The minimum atomic E-state index is -3.36. The highest BCUT2D eigenvalue weighted by atomic mass is 32.2. The van der Waals surface area contributed by atoms with E-state index >= 15 is 0 Å². The van der Waals surface area contributed by atoms with Crippen molar-refractivity contribution in [3.63, 3.8) is 0 Å². The van der Waals surface area contributed by atoms with Gasteiger partial charge in [0.05, 0.1) is 4.90 Å². The van der Waals surface area contributed by atoms with Gasteiger partial charge >= 0.3 is 0 Å². The fourth-order valence-corrected chi connectivity index (χ4v) is 3.74. The van der Waals surface area contributed by atoms with Gasteiger partial charge in [0.25, 0.3) is 0 Å². The lowest BCUT2D eigenvalue weighted by atomic mass is 9.92. The molecule has 0 saturated carbocycles. The Morgan fingerprint density at radius 3 is 2.43 bits per heavy atom. The minimum Gasteiger partial charge on any atom is -0.367 e. The number of hydrogen-bond acceptors (Lipinski definition) is 4. The van der Waals surface area contributed by atoms with Crippen LogP contribution in [0.25, 0.3) is 0 Å². The van der Waals surface area contributed by atoms with Gasteiger partial charge in [0, 0.05) is 38.9 Å². The Morgan fingerprint density at radius 1 is 1.29 bits per heavy atom. The lowest BCUT2D eigenvalue weighted by Crippen LogP contribution is -2.46. The first-order valence-electron chi connectivity index (χ1n) is 7.35. The number of sulfonamides is 1. The first-order chi connectivity index (χ1) is 9.86. The zero-order valence-corrected chi connectivity index (χ0v) is 13.8. The number of nitrogens with two attached hydrogens (primary N) is 1. The first kappa shape index (κ1) is 16.3. The average Bonchev–Trinajstić information content (AvgIpc) is 2.47. The number of hydrogen-bond donors (Lipinski definition) is 1. The Hall–Kier alpha value is -1.11. The van der Waals surface area contributed by atoms with Crippen molar-refractivity contribution < 1.29 is 8.42 Å². The summed E-state index contributed by atoms with van der Waals surface area (Å²) in [4.78, 5) is 2.62. The van der Waals surface area contributed by atoms with Crippen molar-refractivity contribution in [1.29, 1.82) is 0 Å². The van der Waals surface area contributed by atoms with Gasteiger partial charge in [-0.15, -0.1) is 0 Å². The van der Waals surface area contributed by atoms with Crippen molar-refractivity contribution in [2.75, 3.05) is 32.1 Å². The van der Waals surface area contributed by atoms with Crippen molar-refractivity contribution in [1.82, 2.24) is 4.31 Å². The predicted octanol–water partition coefficient (Wildman–Crippen LogP) is 1.50. The van der Waals surface area contributed by atoms with E-state index in [0.29, 0.717) is 23.4 Å². The lowest BCUT2D eigenvalue weighted by Gasteiger charge is -2.39. The van der Waals surface area contributed by atoms with E-state index in [1.165, 1.54) is 4.31 Å². The smallest absolute Gasteiger partial charge is 0.242 e. The number of anilines is 1. The molecule has 5 nitrogen and oxygen atoms in total. The molecule has 1 aromatic rings. The molecule has 1 aliphatic heterocycles. The average molecular weight is 311 g/mol. The van der Waals surface area contributed by atoms with Gasteiger partial charge in [0.2, 0.25) is 10.0 Å². The van der Waals surface area contributed by atoms with Crippen LogP contribution in [0.4, 0.5) is 5.69 Å². The molecule has 1 heterocycles. The maximum Gasteiger partial charge on any atom is 0.242 e. The molecule has 1 aliphatic rings. The molecule has 1 fully saturated rings. The molecule has 6 heteroatoms. The van der Waals surface area contributed by atoms with Crippen LogP contribution in [0.3, 0.4) is 0 Å². The Morgan fingerprint density at radius 2 is 1.90 bits per heavy atom. The molecular formula is C15H25N3O2S. The Bertz CT molecular complexity index is 569. The normalized spacial score (nSPS) is 23.6. The predicted molar refractivity (Wildman–Crippen MR) is 85.9 cm³/mol. The summed E-state index contributed by atoms with van der Waals surface area (Å²) in [5, 5.41) is 0. The highest BCUT2D eigenvalue weighted by Gasteiger charge is 2.26. The monoisotopic (exact) mass is 311 g/mol. The van der Waals surface area contributed by atoms with Crippen molar-refractivity contribution in [2.24, 2.45) is 11.7 Å². The molecule has 0 aromatic heterocycles. The van der Waals surface area contributed by atoms with Gasteiger partial charge in [-0.05, 0) is 43.0 Å². The third-order valence-electron chi connectivity index (χ3n) is 4.20. The molecule has 2 atom stereocenters. The van der Waals surface area contributed by atoms with E-state index in [4.69, 9.17) is 5.73 Å². The van der Waals surface area contributed by atoms with E-state index in [2.05, 4.69) is 11.8 Å². The standard InChI is InChI=1S/C15H25N3O2S/c1-12-8-9-18(14(10-12)11-16)13-4-6-15(7-5-13)21(19,20)17(2)3/h4-7,12,14H,8-11,16H2,1-3H3. The van der Waals surface area contributed by atoms with Gasteiger partial charge in [-0.1, -0.05) is 6.92 Å². The highest BCUT2D eigenvalue weighted by molar-refractivity contribution is 7.89. The van der Waals surface area contributed by atoms with Crippen LogP contribution in [-0.2, 0) is 10.0 Å². The van der Waals surface area contributed by atoms with Crippen LogP contribution in [0, 0.1) is 5.92 Å². The zero-order chi connectivity index (χ0) is 15.6. The second-order valence-corrected chi connectivity index (χ2v) is 8.15. The molecule has 2 N–H and O–H groups in total. The van der Waals surface area contributed by atoms with Crippen molar-refractivity contribution in [3.05, 3.63) is 24.3 Å². The van der Waals surface area contributed by atoms with Gasteiger partial charge in [0.15, 0.2) is 0 Å². The van der Waals surface area contributed by atoms with Crippen molar-refractivity contribution in [2.45, 2.75) is 30.7 Å². The molecular weight excluding hydrogens is 286 g/mol. The Labute approximate surface area is 127 Å². The molecule has 0 aliphatic carbocycles. The van der Waals surface area contributed by atoms with E-state index in [-0.39, 0.29) is 0 Å². The number of piperidine rings is 1. The van der Waals surface area contributed by atoms with E-state index in [9.17, 15) is 8.42 Å². The molecule has 1 aromatic carbocycles. The summed E-state index contributed by atoms with van der Waals surface area (Å²) in [6, 6.07) is 7.46. The topological polar surface area (TPSA) is 66.6 Å². The second kappa shape index (κ2) is 6.34. The van der Waals surface area contributed by atoms with Crippen LogP contribution in [0.15, 0.2) is 29.2 Å². The molecule has 0 spiro atoms. The molecule has 0 amide bonds. The van der Waals surface area contributed by atoms with E-state index in [1.807, 2.05) is 12.1 Å². The molecule has 118 valence electrons. The first-order valence-corrected chi connectivity index (χ1v) is 8.79. The zero-order valence-electron chi connectivity index (χ0n) is 13.0. The van der Waals surface area contributed by atoms with E-state index in [1.54, 1.807) is 26.2 Å². The fraction of sp³-hybridized carbons (Fsp3) is 0.600. The van der Waals surface area contributed by atoms with E-state index in [0.717, 1.165) is 25.1 Å². The number of benzene rings is 1. The Balaban J connectivity index is 2.23. The van der Waals surface area contributed by atoms with Crippen LogP contribution < -0.4 is 10.6 Å². The van der Waals surface area contributed by atoms with Gasteiger partial charge in [-0.25, -0.2) is 12.7 Å². The van der Waals surface area contributed by atoms with Crippen LogP contribution in [-0.4, -0.2) is 45.9 Å². The van der Waals surface area contributed by atoms with Crippen molar-refractivity contribution >= 4 is 15.7 Å². The number of nitrogens with zero attached hydrogens (tertiary/aromatic N) is 2. The van der Waals surface area contributed by atoms with Gasteiger partial charge < -0.3 is 10.6 Å². The number of rotatable bonds is 4. The molecule has 0 bridgehead atoms. The molecule has 2 unspecified atom stereocenters. The summed E-state index contributed by atoms with van der Waals surface area (Å²) >= 11 is 0. The lowest BCUT2D eigenvalue weighted by molar-refractivity contribution is 0.367. The summed E-state index contributed by atoms with van der Waals surface area (Å²) in [7, 11) is -0.279. The van der Waals surface area contributed by atoms with Crippen molar-refractivity contribution in [3.8, 4) is 0 Å². The third-order valence-corrected chi connectivity index (χ3v) is 6.03. The van der Waals surface area contributed by atoms with Crippen LogP contribution in [0.1, 0.15) is 19.8 Å². The summed E-state index contributed by atoms with van der Waals surface area (Å²) in [6.07, 6.45) is 2.24. The molecule has 1 saturated heterocycles. The minimum absolute atomic E-state index is 0.325. The van der Waals surface area contributed by atoms with Crippen LogP contribution >= 0.6 is 0 Å². The quantitative estimate of drug-likeness (QED) is 0.915. The fourth-order valence-electron chi connectivity index (χ4n) is 2.84. The van der Waals surface area contributed by atoms with Gasteiger partial charge in [-0.3, -0.25) is 0 Å². The molecule has 0 radical (unpaired) electrons. The highest BCUT2D eigenvalue weighted by Crippen LogP contribution is 2.28. The summed E-state index contributed by atoms with van der Waals surface area (Å²) in [5.41, 5.74) is 6.94. The third kappa shape index (κ3) is 3.39. The van der Waals surface area contributed by atoms with Gasteiger partial charge in [-0.2, -0.15) is 0 Å². The largest absolute Gasteiger partial charge is 0.367 e. The summed E-state index contributed by atoms with van der Waals surface area (Å²) in [6.45, 7) is 3.86. The van der Waals surface area contributed by atoms with Crippen LogP contribution in [0.5, 0.6) is 0 Å². The molecule has 21 heavy (non-hydrogen) atoms. The van der Waals surface area contributed by atoms with Gasteiger partial charge in [0.1, 0.15) is 0 Å².